The van der Waals surface area contributed by atoms with Crippen molar-refractivity contribution in [3.8, 4) is 5.75 Å². The van der Waals surface area contributed by atoms with Gasteiger partial charge in [-0.1, -0.05) is 25.0 Å². The number of rotatable bonds is 4. The number of ether oxygens (including phenoxy) is 1. The summed E-state index contributed by atoms with van der Waals surface area (Å²) in [6, 6.07) is 7.17. The Morgan fingerprint density at radius 2 is 2.06 bits per heavy atom. The smallest absolute Gasteiger partial charge is 0.122 e. The second-order valence-corrected chi connectivity index (χ2v) is 4.67. The first-order chi connectivity index (χ1) is 7.79. The molecule has 2 nitrogen and oxygen atoms in total. The van der Waals surface area contributed by atoms with Crippen LogP contribution in [0.2, 0.25) is 0 Å². The Labute approximate surface area is 98.0 Å². The van der Waals surface area contributed by atoms with Crippen LogP contribution < -0.4 is 10.1 Å². The molecule has 0 unspecified atom stereocenters. The minimum Gasteiger partial charge on any atom is -0.496 e. The van der Waals surface area contributed by atoms with Crippen molar-refractivity contribution in [3.05, 3.63) is 29.3 Å². The van der Waals surface area contributed by atoms with Gasteiger partial charge in [-0.05, 0) is 37.0 Å². The number of methoxy groups -OCH3 is 1. The van der Waals surface area contributed by atoms with Crippen molar-refractivity contribution < 1.29 is 4.74 Å². The molecule has 2 heteroatoms. The molecule has 1 saturated carbocycles. The SMILES string of the molecule is COc1cc(CNC2CCCC2)ccc1C. The van der Waals surface area contributed by atoms with Crippen molar-refractivity contribution in [2.75, 3.05) is 7.11 Å². The van der Waals surface area contributed by atoms with Gasteiger partial charge in [-0.15, -0.1) is 0 Å². The molecule has 1 N–H and O–H groups in total. The maximum atomic E-state index is 5.33. The molecule has 0 atom stereocenters. The highest BCUT2D eigenvalue weighted by molar-refractivity contribution is 5.36. The molecular formula is C14H21NO. The van der Waals surface area contributed by atoms with Gasteiger partial charge in [0.1, 0.15) is 5.75 Å². The molecule has 1 aromatic rings. The van der Waals surface area contributed by atoms with Crippen molar-refractivity contribution in [2.45, 2.75) is 45.2 Å². The van der Waals surface area contributed by atoms with Gasteiger partial charge in [0.25, 0.3) is 0 Å². The summed E-state index contributed by atoms with van der Waals surface area (Å²) in [7, 11) is 1.73. The van der Waals surface area contributed by atoms with E-state index in [1.165, 1.54) is 36.8 Å². The highest BCUT2D eigenvalue weighted by Crippen LogP contribution is 2.21. The molecule has 0 aromatic heterocycles. The largest absolute Gasteiger partial charge is 0.496 e. The maximum Gasteiger partial charge on any atom is 0.122 e. The summed E-state index contributed by atoms with van der Waals surface area (Å²) < 4.78 is 5.33. The summed E-state index contributed by atoms with van der Waals surface area (Å²) in [6.45, 7) is 3.04. The molecule has 0 bridgehead atoms. The van der Waals surface area contributed by atoms with Crippen molar-refractivity contribution in [3.63, 3.8) is 0 Å². The highest BCUT2D eigenvalue weighted by Gasteiger charge is 2.13. The lowest BCUT2D eigenvalue weighted by Gasteiger charge is -2.13. The lowest BCUT2D eigenvalue weighted by Crippen LogP contribution is -2.25. The summed E-state index contributed by atoms with van der Waals surface area (Å²) in [6.07, 6.45) is 5.44. The van der Waals surface area contributed by atoms with Crippen LogP contribution in [0.3, 0.4) is 0 Å². The Kier molecular flexibility index (Phi) is 3.83. The number of hydrogen-bond donors (Lipinski definition) is 1. The predicted octanol–water partition coefficient (Wildman–Crippen LogP) is 3.04. The van der Waals surface area contributed by atoms with Crippen LogP contribution in [0.25, 0.3) is 0 Å². The number of hydrogen-bond acceptors (Lipinski definition) is 2. The first-order valence-electron chi connectivity index (χ1n) is 6.16. The summed E-state index contributed by atoms with van der Waals surface area (Å²) in [5.41, 5.74) is 2.52. The van der Waals surface area contributed by atoms with Gasteiger partial charge < -0.3 is 10.1 Å². The zero-order valence-corrected chi connectivity index (χ0v) is 10.3. The van der Waals surface area contributed by atoms with Crippen molar-refractivity contribution in [1.82, 2.24) is 5.32 Å². The molecular weight excluding hydrogens is 198 g/mol. The third kappa shape index (κ3) is 2.76. The predicted molar refractivity (Wildman–Crippen MR) is 66.8 cm³/mol. The zero-order chi connectivity index (χ0) is 11.4. The molecule has 1 fully saturated rings. The average molecular weight is 219 g/mol. The van der Waals surface area contributed by atoms with Crippen LogP contribution in [-0.2, 0) is 6.54 Å². The van der Waals surface area contributed by atoms with E-state index in [1.54, 1.807) is 7.11 Å². The zero-order valence-electron chi connectivity index (χ0n) is 10.3. The molecule has 1 aliphatic carbocycles. The van der Waals surface area contributed by atoms with E-state index in [-0.39, 0.29) is 0 Å². The number of nitrogens with one attached hydrogen (secondary N) is 1. The molecule has 0 heterocycles. The van der Waals surface area contributed by atoms with Crippen molar-refractivity contribution in [1.29, 1.82) is 0 Å². The second-order valence-electron chi connectivity index (χ2n) is 4.67. The van der Waals surface area contributed by atoms with Gasteiger partial charge in [-0.2, -0.15) is 0 Å². The van der Waals surface area contributed by atoms with E-state index in [2.05, 4.69) is 30.4 Å². The van der Waals surface area contributed by atoms with Crippen molar-refractivity contribution in [2.24, 2.45) is 0 Å². The minimum absolute atomic E-state index is 0.729. The van der Waals surface area contributed by atoms with Gasteiger partial charge >= 0.3 is 0 Å². The van der Waals surface area contributed by atoms with Gasteiger partial charge in [0.15, 0.2) is 0 Å². The minimum atomic E-state index is 0.729. The molecule has 1 aromatic carbocycles. The molecule has 0 aliphatic heterocycles. The van der Waals surface area contributed by atoms with Crippen LogP contribution in [0.5, 0.6) is 5.75 Å². The highest BCUT2D eigenvalue weighted by atomic mass is 16.5. The Morgan fingerprint density at radius 1 is 1.31 bits per heavy atom. The molecule has 0 radical (unpaired) electrons. The molecule has 0 amide bonds. The van der Waals surface area contributed by atoms with E-state index in [1.807, 2.05) is 0 Å². The lowest BCUT2D eigenvalue weighted by atomic mass is 10.1. The summed E-state index contributed by atoms with van der Waals surface area (Å²) in [5.74, 6) is 0.991. The topological polar surface area (TPSA) is 21.3 Å². The Balaban J connectivity index is 1.93. The monoisotopic (exact) mass is 219 g/mol. The molecule has 88 valence electrons. The molecule has 1 aliphatic rings. The average Bonchev–Trinajstić information content (AvgIpc) is 2.81. The number of aryl methyl sites for hydroxylation is 1. The van der Waals surface area contributed by atoms with Gasteiger partial charge in [0.05, 0.1) is 7.11 Å². The van der Waals surface area contributed by atoms with Crippen LogP contribution in [0.4, 0.5) is 0 Å². The summed E-state index contributed by atoms with van der Waals surface area (Å²) >= 11 is 0. The van der Waals surface area contributed by atoms with Gasteiger partial charge in [0.2, 0.25) is 0 Å². The Morgan fingerprint density at radius 3 is 2.75 bits per heavy atom. The standard InChI is InChI=1S/C14H21NO/c1-11-7-8-12(9-14(11)16-2)10-15-13-5-3-4-6-13/h7-9,13,15H,3-6,10H2,1-2H3. The molecule has 0 saturated heterocycles. The lowest BCUT2D eigenvalue weighted by molar-refractivity contribution is 0.410. The van der Waals surface area contributed by atoms with E-state index in [0.717, 1.165) is 18.3 Å². The molecule has 16 heavy (non-hydrogen) atoms. The van der Waals surface area contributed by atoms with E-state index < -0.39 is 0 Å². The molecule has 2 rings (SSSR count). The number of benzene rings is 1. The maximum absolute atomic E-state index is 5.33. The van der Waals surface area contributed by atoms with Crippen LogP contribution in [-0.4, -0.2) is 13.2 Å². The van der Waals surface area contributed by atoms with Crippen LogP contribution in [0.15, 0.2) is 18.2 Å². The van der Waals surface area contributed by atoms with E-state index >= 15 is 0 Å². The first kappa shape index (κ1) is 11.5. The van der Waals surface area contributed by atoms with E-state index in [9.17, 15) is 0 Å². The summed E-state index contributed by atoms with van der Waals surface area (Å²) in [4.78, 5) is 0. The van der Waals surface area contributed by atoms with E-state index in [0.29, 0.717) is 0 Å². The first-order valence-corrected chi connectivity index (χ1v) is 6.16. The fourth-order valence-corrected chi connectivity index (χ4v) is 2.37. The third-order valence-corrected chi connectivity index (χ3v) is 3.42. The summed E-state index contributed by atoms with van der Waals surface area (Å²) in [5, 5.41) is 3.61. The van der Waals surface area contributed by atoms with Crippen LogP contribution >= 0.6 is 0 Å². The van der Waals surface area contributed by atoms with Crippen LogP contribution in [0, 0.1) is 6.92 Å². The van der Waals surface area contributed by atoms with Gasteiger partial charge in [-0.25, -0.2) is 0 Å². The van der Waals surface area contributed by atoms with E-state index in [4.69, 9.17) is 4.74 Å². The fourth-order valence-electron chi connectivity index (χ4n) is 2.37. The van der Waals surface area contributed by atoms with Gasteiger partial charge in [0, 0.05) is 12.6 Å². The van der Waals surface area contributed by atoms with Crippen molar-refractivity contribution >= 4 is 0 Å². The Hall–Kier alpha value is -1.02. The quantitative estimate of drug-likeness (QED) is 0.840. The Bertz CT molecular complexity index is 343. The fraction of sp³-hybridized carbons (Fsp3) is 0.571. The van der Waals surface area contributed by atoms with Gasteiger partial charge in [-0.3, -0.25) is 0 Å². The third-order valence-electron chi connectivity index (χ3n) is 3.42. The molecule has 0 spiro atoms. The van der Waals surface area contributed by atoms with Crippen LogP contribution in [0.1, 0.15) is 36.8 Å². The second kappa shape index (κ2) is 5.35. The normalized spacial score (nSPS) is 16.6.